The number of ether oxygens (including phenoxy) is 1. The lowest BCUT2D eigenvalue weighted by Crippen LogP contribution is -2.54. The van der Waals surface area contributed by atoms with Crippen LogP contribution in [0.1, 0.15) is 51.5 Å². The fraction of sp³-hybridized carbons (Fsp3) is 0.565. The molecule has 29 heavy (non-hydrogen) atoms. The summed E-state index contributed by atoms with van der Waals surface area (Å²) in [7, 11) is 1.79. The number of carbonyl (C=O) groups is 1. The molecule has 6 nitrogen and oxygen atoms in total. The van der Waals surface area contributed by atoms with Crippen molar-refractivity contribution in [1.82, 2.24) is 5.32 Å². The van der Waals surface area contributed by atoms with Gasteiger partial charge in [-0.2, -0.15) is 5.26 Å². The number of nitrogens with two attached hydrogens (primary N) is 1. The summed E-state index contributed by atoms with van der Waals surface area (Å²) < 4.78 is 5.27. The Morgan fingerprint density at radius 1 is 1.31 bits per heavy atom. The van der Waals surface area contributed by atoms with Crippen LogP contribution in [0.2, 0.25) is 0 Å². The number of primary amides is 1. The lowest BCUT2D eigenvalue weighted by molar-refractivity contribution is 0.0704. The molecule has 2 unspecified atom stereocenters. The minimum Gasteiger partial charge on any atom is -0.381 e. The highest BCUT2D eigenvalue weighted by Gasteiger charge is 2.31. The minimum atomic E-state index is -0.464. The third-order valence-corrected chi connectivity index (χ3v) is 5.81. The van der Waals surface area contributed by atoms with E-state index in [4.69, 9.17) is 15.7 Å². The standard InChI is InChI=1S/C14H18N4O.C9H16O/c1-14(17-13(16)19)6-8-18(9-7-14)12-4-2-11(10-15)3-5-12;1-7-4-8(2)6-9(5-7)10-3/h2-5H,6-9H2,1H3,(H3,16,17,19);8-9H,1,4-6H2,2-3H3. The van der Waals surface area contributed by atoms with E-state index in [1.807, 2.05) is 31.2 Å². The minimum absolute atomic E-state index is 0.213. The van der Waals surface area contributed by atoms with Gasteiger partial charge in [0.15, 0.2) is 0 Å². The molecule has 1 aliphatic carbocycles. The second-order valence-corrected chi connectivity index (χ2v) is 8.55. The molecule has 3 rings (SSSR count). The number of nitriles is 1. The molecule has 1 aromatic carbocycles. The maximum Gasteiger partial charge on any atom is 0.312 e. The Bertz CT molecular complexity index is 730. The molecule has 2 atom stereocenters. The van der Waals surface area contributed by atoms with Crippen molar-refractivity contribution in [2.24, 2.45) is 11.7 Å². The molecule has 1 aromatic rings. The van der Waals surface area contributed by atoms with Crippen LogP contribution in [0, 0.1) is 17.2 Å². The molecule has 2 fully saturated rings. The number of urea groups is 1. The highest BCUT2D eigenvalue weighted by Crippen LogP contribution is 2.28. The van der Waals surface area contributed by atoms with E-state index >= 15 is 0 Å². The molecule has 0 radical (unpaired) electrons. The predicted octanol–water partition coefficient (Wildman–Crippen LogP) is 3.96. The van der Waals surface area contributed by atoms with Crippen LogP contribution >= 0.6 is 0 Å². The van der Waals surface area contributed by atoms with E-state index in [-0.39, 0.29) is 5.54 Å². The number of nitrogens with one attached hydrogen (secondary N) is 1. The van der Waals surface area contributed by atoms with Gasteiger partial charge in [0.2, 0.25) is 0 Å². The second-order valence-electron chi connectivity index (χ2n) is 8.55. The van der Waals surface area contributed by atoms with Crippen molar-refractivity contribution in [2.75, 3.05) is 25.1 Å². The highest BCUT2D eigenvalue weighted by atomic mass is 16.5. The van der Waals surface area contributed by atoms with E-state index in [2.05, 4.69) is 29.8 Å². The summed E-state index contributed by atoms with van der Waals surface area (Å²) in [5.74, 6) is 0.770. The predicted molar refractivity (Wildman–Crippen MR) is 117 cm³/mol. The van der Waals surface area contributed by atoms with Crippen molar-refractivity contribution >= 4 is 11.7 Å². The smallest absolute Gasteiger partial charge is 0.312 e. The number of hydrogen-bond acceptors (Lipinski definition) is 4. The topological polar surface area (TPSA) is 91.4 Å². The molecule has 0 aromatic heterocycles. The van der Waals surface area contributed by atoms with E-state index in [0.29, 0.717) is 11.7 Å². The van der Waals surface area contributed by atoms with Gasteiger partial charge in [-0.3, -0.25) is 0 Å². The summed E-state index contributed by atoms with van der Waals surface area (Å²) in [5.41, 5.74) is 8.11. The SMILES string of the molecule is C=C1CC(C)CC(OC)C1.CC1(NC(N)=O)CCN(c2ccc(C#N)cc2)CC1. The van der Waals surface area contributed by atoms with Crippen LogP contribution in [0.3, 0.4) is 0 Å². The fourth-order valence-corrected chi connectivity index (χ4v) is 4.12. The molecule has 2 amide bonds. The first-order chi connectivity index (χ1) is 13.7. The first-order valence-electron chi connectivity index (χ1n) is 10.3. The van der Waals surface area contributed by atoms with Gasteiger partial charge in [-0.1, -0.05) is 19.1 Å². The molecule has 0 spiro atoms. The monoisotopic (exact) mass is 398 g/mol. The lowest BCUT2D eigenvalue weighted by Gasteiger charge is -2.40. The van der Waals surface area contributed by atoms with Crippen molar-refractivity contribution in [3.05, 3.63) is 42.0 Å². The number of anilines is 1. The van der Waals surface area contributed by atoms with Gasteiger partial charge in [0.05, 0.1) is 17.7 Å². The molecule has 2 aliphatic rings. The number of rotatable bonds is 3. The van der Waals surface area contributed by atoms with Crippen molar-refractivity contribution in [3.63, 3.8) is 0 Å². The van der Waals surface area contributed by atoms with E-state index in [1.165, 1.54) is 18.4 Å². The lowest BCUT2D eigenvalue weighted by atomic mass is 9.86. The molecule has 1 saturated heterocycles. The first kappa shape index (κ1) is 22.8. The fourth-order valence-electron chi connectivity index (χ4n) is 4.12. The van der Waals surface area contributed by atoms with Gasteiger partial charge in [-0.15, -0.1) is 0 Å². The number of nitrogens with zero attached hydrogens (tertiary/aromatic N) is 2. The maximum atomic E-state index is 11.0. The number of amides is 2. The van der Waals surface area contributed by atoms with Crippen LogP contribution in [-0.2, 0) is 4.74 Å². The summed E-state index contributed by atoms with van der Waals surface area (Å²) >= 11 is 0. The molecule has 1 saturated carbocycles. The van der Waals surface area contributed by atoms with Crippen LogP contribution in [0.5, 0.6) is 0 Å². The summed E-state index contributed by atoms with van der Waals surface area (Å²) in [6.45, 7) is 9.99. The van der Waals surface area contributed by atoms with E-state index in [1.54, 1.807) is 7.11 Å². The molecule has 1 aliphatic heterocycles. The highest BCUT2D eigenvalue weighted by molar-refractivity contribution is 5.72. The van der Waals surface area contributed by atoms with Crippen molar-refractivity contribution in [3.8, 4) is 6.07 Å². The van der Waals surface area contributed by atoms with Crippen molar-refractivity contribution in [2.45, 2.75) is 57.6 Å². The zero-order valence-corrected chi connectivity index (χ0v) is 17.9. The number of carbonyl (C=O) groups excluding carboxylic acids is 1. The van der Waals surface area contributed by atoms with Gasteiger partial charge in [0, 0.05) is 31.4 Å². The molecule has 1 heterocycles. The van der Waals surface area contributed by atoms with Crippen LogP contribution < -0.4 is 16.0 Å². The Morgan fingerprint density at radius 3 is 2.41 bits per heavy atom. The zero-order chi connectivity index (χ0) is 21.4. The van der Waals surface area contributed by atoms with Crippen LogP contribution in [0.25, 0.3) is 0 Å². The van der Waals surface area contributed by atoms with Gasteiger partial charge < -0.3 is 20.7 Å². The van der Waals surface area contributed by atoms with Gasteiger partial charge in [-0.25, -0.2) is 4.79 Å². The number of methoxy groups -OCH3 is 1. The number of piperidine rings is 1. The number of benzene rings is 1. The van der Waals surface area contributed by atoms with Crippen LogP contribution in [0.15, 0.2) is 36.4 Å². The molecule has 0 bridgehead atoms. The van der Waals surface area contributed by atoms with Gasteiger partial charge in [-0.05, 0) is 69.2 Å². The quantitative estimate of drug-likeness (QED) is 0.754. The van der Waals surface area contributed by atoms with Crippen LogP contribution in [-0.4, -0.2) is 37.9 Å². The van der Waals surface area contributed by atoms with Crippen molar-refractivity contribution < 1.29 is 9.53 Å². The summed E-state index contributed by atoms with van der Waals surface area (Å²) in [4.78, 5) is 13.2. The Labute approximate surface area is 174 Å². The molecular weight excluding hydrogens is 364 g/mol. The Balaban J connectivity index is 0.000000253. The molecule has 158 valence electrons. The molecular formula is C23H34N4O2. The maximum absolute atomic E-state index is 11.0. The van der Waals surface area contributed by atoms with E-state index < -0.39 is 6.03 Å². The third kappa shape index (κ3) is 7.10. The van der Waals surface area contributed by atoms with Gasteiger partial charge in [0.25, 0.3) is 0 Å². The molecule has 3 N–H and O–H groups in total. The Kier molecular flexibility index (Phi) is 8.10. The average molecular weight is 399 g/mol. The molecule has 6 heteroatoms. The van der Waals surface area contributed by atoms with Crippen molar-refractivity contribution in [1.29, 1.82) is 5.26 Å². The largest absolute Gasteiger partial charge is 0.381 e. The van der Waals surface area contributed by atoms with E-state index in [0.717, 1.165) is 44.0 Å². The third-order valence-electron chi connectivity index (χ3n) is 5.81. The van der Waals surface area contributed by atoms with E-state index in [9.17, 15) is 4.79 Å². The number of hydrogen-bond donors (Lipinski definition) is 2. The average Bonchev–Trinajstić information content (AvgIpc) is 2.67. The first-order valence-corrected chi connectivity index (χ1v) is 10.3. The summed E-state index contributed by atoms with van der Waals surface area (Å²) in [5, 5.41) is 11.6. The Hall–Kier alpha value is -2.52. The van der Waals surface area contributed by atoms with Crippen LogP contribution in [0.4, 0.5) is 10.5 Å². The normalized spacial score (nSPS) is 23.4. The zero-order valence-electron chi connectivity index (χ0n) is 17.9. The Morgan fingerprint density at radius 2 is 1.93 bits per heavy atom. The second kappa shape index (κ2) is 10.3. The van der Waals surface area contributed by atoms with Gasteiger partial charge in [0.1, 0.15) is 0 Å². The summed E-state index contributed by atoms with van der Waals surface area (Å²) in [6.07, 6.45) is 5.62. The van der Waals surface area contributed by atoms with Gasteiger partial charge >= 0.3 is 6.03 Å². The summed E-state index contributed by atoms with van der Waals surface area (Å²) in [6, 6.07) is 9.22.